The van der Waals surface area contributed by atoms with Crippen molar-refractivity contribution in [2.24, 2.45) is 0 Å². The molecule has 110 valence electrons. The van der Waals surface area contributed by atoms with Crippen LogP contribution in [0.15, 0.2) is 18.2 Å². The number of hydrogen-bond acceptors (Lipinski definition) is 4. The lowest BCUT2D eigenvalue weighted by molar-refractivity contribution is -0.143. The van der Waals surface area contributed by atoms with Gasteiger partial charge in [0.15, 0.2) is 0 Å². The van der Waals surface area contributed by atoms with E-state index < -0.39 is 12.0 Å². The number of carboxylic acids is 1. The van der Waals surface area contributed by atoms with Gasteiger partial charge in [-0.3, -0.25) is 9.69 Å². The van der Waals surface area contributed by atoms with Crippen molar-refractivity contribution >= 4 is 5.97 Å². The molecule has 2 N–H and O–H groups in total. The molecule has 1 aliphatic rings. The van der Waals surface area contributed by atoms with Gasteiger partial charge in [0.2, 0.25) is 0 Å². The Morgan fingerprint density at radius 3 is 2.85 bits per heavy atom. The topological polar surface area (TPSA) is 61.8 Å². The van der Waals surface area contributed by atoms with Crippen LogP contribution in [0.2, 0.25) is 0 Å². The van der Waals surface area contributed by atoms with Gasteiger partial charge in [0, 0.05) is 19.6 Å². The number of benzene rings is 1. The van der Waals surface area contributed by atoms with Gasteiger partial charge in [0.1, 0.15) is 11.8 Å². The molecule has 1 fully saturated rings. The van der Waals surface area contributed by atoms with Crippen LogP contribution in [-0.4, -0.2) is 49.3 Å². The minimum atomic E-state index is -0.795. The smallest absolute Gasteiger partial charge is 0.325 e. The lowest BCUT2D eigenvalue weighted by atomic mass is 10.0. The van der Waals surface area contributed by atoms with E-state index in [1.165, 1.54) is 0 Å². The van der Waals surface area contributed by atoms with Gasteiger partial charge in [-0.15, -0.1) is 0 Å². The van der Waals surface area contributed by atoms with Gasteiger partial charge in [0.05, 0.1) is 7.11 Å². The molecule has 0 aliphatic carbocycles. The number of hydrogen-bond donors (Lipinski definition) is 2. The average Bonchev–Trinajstić information content (AvgIpc) is 2.68. The van der Waals surface area contributed by atoms with Crippen molar-refractivity contribution in [3.8, 4) is 5.75 Å². The standard InChI is InChI=1S/C15H22N2O3/c1-11-10-12(4-5-13(11)20-2)14(15(18)19)17-8-3-6-16-7-9-17/h4-5,10,14,16H,3,6-9H2,1-2H3,(H,18,19). The molecule has 1 heterocycles. The first-order valence-electron chi connectivity index (χ1n) is 6.95. The van der Waals surface area contributed by atoms with Crippen LogP contribution < -0.4 is 10.1 Å². The maximum Gasteiger partial charge on any atom is 0.325 e. The fraction of sp³-hybridized carbons (Fsp3) is 0.533. The molecule has 0 radical (unpaired) electrons. The average molecular weight is 278 g/mol. The molecule has 1 atom stereocenters. The van der Waals surface area contributed by atoms with E-state index in [1.807, 2.05) is 30.0 Å². The van der Waals surface area contributed by atoms with E-state index in [-0.39, 0.29) is 0 Å². The lowest BCUT2D eigenvalue weighted by Crippen LogP contribution is -2.36. The Balaban J connectivity index is 2.27. The number of rotatable bonds is 4. The van der Waals surface area contributed by atoms with Crippen LogP contribution in [0.3, 0.4) is 0 Å². The Morgan fingerprint density at radius 1 is 1.40 bits per heavy atom. The Hall–Kier alpha value is -1.59. The second kappa shape index (κ2) is 6.72. The molecule has 2 rings (SSSR count). The van der Waals surface area contributed by atoms with E-state index in [1.54, 1.807) is 7.11 Å². The molecule has 1 unspecified atom stereocenters. The summed E-state index contributed by atoms with van der Waals surface area (Å²) in [5.74, 6) is -0.00751. The van der Waals surface area contributed by atoms with Gasteiger partial charge in [-0.25, -0.2) is 0 Å². The summed E-state index contributed by atoms with van der Waals surface area (Å²) in [7, 11) is 1.62. The van der Waals surface area contributed by atoms with Crippen LogP contribution >= 0.6 is 0 Å². The fourth-order valence-corrected chi connectivity index (χ4v) is 2.71. The third-order valence-electron chi connectivity index (χ3n) is 3.71. The van der Waals surface area contributed by atoms with Gasteiger partial charge in [0.25, 0.3) is 0 Å². The highest BCUT2D eigenvalue weighted by Gasteiger charge is 2.28. The molecule has 1 aliphatic heterocycles. The summed E-state index contributed by atoms with van der Waals surface area (Å²) in [6.07, 6.45) is 0.971. The summed E-state index contributed by atoms with van der Waals surface area (Å²) in [4.78, 5) is 13.7. The Kier molecular flexibility index (Phi) is 4.98. The SMILES string of the molecule is COc1ccc(C(C(=O)O)N2CCCNCC2)cc1C. The normalized spacial score (nSPS) is 18.3. The number of nitrogens with zero attached hydrogens (tertiary/aromatic N) is 1. The monoisotopic (exact) mass is 278 g/mol. The molecule has 0 amide bonds. The Bertz CT molecular complexity index is 468. The van der Waals surface area contributed by atoms with Crippen molar-refractivity contribution in [3.63, 3.8) is 0 Å². The minimum Gasteiger partial charge on any atom is -0.496 e. The fourth-order valence-electron chi connectivity index (χ4n) is 2.71. The summed E-state index contributed by atoms with van der Waals surface area (Å²) in [6.45, 7) is 5.27. The minimum absolute atomic E-state index is 0.584. The first-order valence-corrected chi connectivity index (χ1v) is 6.95. The van der Waals surface area contributed by atoms with Crippen LogP contribution in [0.25, 0.3) is 0 Å². The van der Waals surface area contributed by atoms with Crippen molar-refractivity contribution in [3.05, 3.63) is 29.3 Å². The molecule has 20 heavy (non-hydrogen) atoms. The lowest BCUT2D eigenvalue weighted by Gasteiger charge is -2.27. The molecular formula is C15H22N2O3. The number of methoxy groups -OCH3 is 1. The van der Waals surface area contributed by atoms with E-state index in [0.717, 1.165) is 49.5 Å². The second-order valence-corrected chi connectivity index (χ2v) is 5.11. The maximum absolute atomic E-state index is 11.7. The number of nitrogens with one attached hydrogen (secondary N) is 1. The molecule has 1 saturated heterocycles. The second-order valence-electron chi connectivity index (χ2n) is 5.11. The third kappa shape index (κ3) is 3.29. The number of ether oxygens (including phenoxy) is 1. The van der Waals surface area contributed by atoms with Crippen molar-refractivity contribution in [1.82, 2.24) is 10.2 Å². The van der Waals surface area contributed by atoms with Crippen LogP contribution in [0, 0.1) is 6.92 Å². The first-order chi connectivity index (χ1) is 9.63. The quantitative estimate of drug-likeness (QED) is 0.872. The van der Waals surface area contributed by atoms with Gasteiger partial charge in [-0.2, -0.15) is 0 Å². The summed E-state index contributed by atoms with van der Waals surface area (Å²) in [5, 5.41) is 12.9. The molecule has 0 spiro atoms. The zero-order chi connectivity index (χ0) is 14.5. The summed E-state index contributed by atoms with van der Waals surface area (Å²) in [5.41, 5.74) is 1.78. The van der Waals surface area contributed by atoms with Crippen LogP contribution in [0.4, 0.5) is 0 Å². The molecule has 5 heteroatoms. The van der Waals surface area contributed by atoms with E-state index in [0.29, 0.717) is 0 Å². The number of carbonyl (C=O) groups is 1. The Labute approximate surface area is 119 Å². The maximum atomic E-state index is 11.7. The van der Waals surface area contributed by atoms with Crippen molar-refractivity contribution in [1.29, 1.82) is 0 Å². The van der Waals surface area contributed by atoms with Crippen LogP contribution in [-0.2, 0) is 4.79 Å². The highest BCUT2D eigenvalue weighted by atomic mass is 16.5. The van der Waals surface area contributed by atoms with Crippen molar-refractivity contribution in [2.75, 3.05) is 33.3 Å². The summed E-state index contributed by atoms with van der Waals surface area (Å²) >= 11 is 0. The molecule has 1 aromatic carbocycles. The first kappa shape index (κ1) is 14.8. The van der Waals surface area contributed by atoms with E-state index in [4.69, 9.17) is 4.74 Å². The molecule has 0 bridgehead atoms. The zero-order valence-corrected chi connectivity index (χ0v) is 12.1. The van der Waals surface area contributed by atoms with Gasteiger partial charge >= 0.3 is 5.97 Å². The van der Waals surface area contributed by atoms with Crippen LogP contribution in [0.1, 0.15) is 23.6 Å². The summed E-state index contributed by atoms with van der Waals surface area (Å²) < 4.78 is 5.23. The Morgan fingerprint density at radius 2 is 2.20 bits per heavy atom. The van der Waals surface area contributed by atoms with E-state index >= 15 is 0 Å². The number of carboxylic acid groups (broad SMARTS) is 1. The predicted octanol–water partition coefficient (Wildman–Crippen LogP) is 1.42. The van der Waals surface area contributed by atoms with Gasteiger partial charge in [-0.1, -0.05) is 12.1 Å². The van der Waals surface area contributed by atoms with Crippen molar-refractivity contribution in [2.45, 2.75) is 19.4 Å². The molecule has 1 aromatic rings. The molecule has 5 nitrogen and oxygen atoms in total. The molecule has 0 aromatic heterocycles. The summed E-state index contributed by atoms with van der Waals surface area (Å²) in [6, 6.07) is 5.02. The van der Waals surface area contributed by atoms with Crippen LogP contribution in [0.5, 0.6) is 5.75 Å². The third-order valence-corrected chi connectivity index (χ3v) is 3.71. The van der Waals surface area contributed by atoms with E-state index in [9.17, 15) is 9.90 Å². The van der Waals surface area contributed by atoms with Gasteiger partial charge < -0.3 is 15.2 Å². The number of aliphatic carboxylic acids is 1. The molecule has 0 saturated carbocycles. The van der Waals surface area contributed by atoms with Gasteiger partial charge in [-0.05, 0) is 37.1 Å². The largest absolute Gasteiger partial charge is 0.496 e. The zero-order valence-electron chi connectivity index (χ0n) is 12.1. The molecular weight excluding hydrogens is 256 g/mol. The van der Waals surface area contributed by atoms with E-state index in [2.05, 4.69) is 5.32 Å². The number of aryl methyl sites for hydroxylation is 1. The predicted molar refractivity (Wildman–Crippen MR) is 77.2 cm³/mol. The highest BCUT2D eigenvalue weighted by Crippen LogP contribution is 2.26. The highest BCUT2D eigenvalue weighted by molar-refractivity contribution is 5.75. The van der Waals surface area contributed by atoms with Crippen molar-refractivity contribution < 1.29 is 14.6 Å².